The first-order chi connectivity index (χ1) is 4.50. The minimum absolute atomic E-state index is 1.15. The van der Waals surface area contributed by atoms with Gasteiger partial charge in [-0.25, -0.2) is 0 Å². The molecule has 1 aromatic rings. The number of rotatable bonds is 1. The molecule has 0 bridgehead atoms. The van der Waals surface area contributed by atoms with Crippen molar-refractivity contribution in [1.29, 1.82) is 0 Å². The molecule has 0 N–H and O–H groups in total. The van der Waals surface area contributed by atoms with E-state index in [1.807, 2.05) is 12.6 Å². The molecule has 0 atom stereocenters. The molecule has 0 aromatic carbocycles. The van der Waals surface area contributed by atoms with Gasteiger partial charge in [0.1, 0.15) is 0 Å². The summed E-state index contributed by atoms with van der Waals surface area (Å²) in [5.41, 5.74) is 0. The third kappa shape index (κ3) is 1.99. The second-order valence-corrected chi connectivity index (χ2v) is 11.4. The normalized spacial score (nSPS) is 12.0. The molecule has 0 amide bonds. The maximum Gasteiger partial charge on any atom is 0.287 e. The van der Waals surface area contributed by atoms with E-state index in [-0.39, 0.29) is 0 Å². The molecule has 0 aliphatic carbocycles. The van der Waals surface area contributed by atoms with E-state index >= 15 is 0 Å². The first kappa shape index (κ1) is 8.59. The lowest BCUT2D eigenvalue weighted by molar-refractivity contribution is 1.64. The summed E-state index contributed by atoms with van der Waals surface area (Å²) in [6.45, 7) is 1.93. The molecule has 1 heterocycles. The highest BCUT2D eigenvalue weighted by atomic mass is 35.7. The highest BCUT2D eigenvalue weighted by Crippen LogP contribution is 2.18. The summed E-state index contributed by atoms with van der Waals surface area (Å²) in [5, 5.41) is 0. The van der Waals surface area contributed by atoms with Gasteiger partial charge in [0.25, 0.3) is 6.69 Å². The van der Waals surface area contributed by atoms with Gasteiger partial charge in [-0.15, -0.1) is 33.5 Å². The Balaban J connectivity index is 2.96. The molecule has 0 unspecified atom stereocenters. The molecule has 10 heavy (non-hydrogen) atoms. The Hall–Kier alpha value is 0.497. The van der Waals surface area contributed by atoms with E-state index in [4.69, 9.17) is 22.2 Å². The van der Waals surface area contributed by atoms with Crippen molar-refractivity contribution in [3.8, 4) is 0 Å². The average molecular weight is 211 g/mol. The van der Waals surface area contributed by atoms with Gasteiger partial charge in [-0.1, -0.05) is 0 Å². The summed E-state index contributed by atoms with van der Waals surface area (Å²) < 4.78 is 1.15. The fraction of sp³-hybridized carbons (Fsp3) is 0.333. The zero-order valence-corrected chi connectivity index (χ0v) is 9.15. The largest absolute Gasteiger partial charge is 0.287 e. The molecule has 0 fully saturated rings. The molecule has 0 spiro atoms. The summed E-state index contributed by atoms with van der Waals surface area (Å²) >= 11 is 13.7. The smallest absolute Gasteiger partial charge is 0.148 e. The Labute approximate surface area is 75.2 Å². The van der Waals surface area contributed by atoms with Crippen molar-refractivity contribution in [2.24, 2.45) is 0 Å². The van der Waals surface area contributed by atoms with Gasteiger partial charge in [-0.3, -0.25) is 0 Å². The lowest BCUT2D eigenvalue weighted by atomic mass is 10.5. The molecule has 0 radical (unpaired) electrons. The quantitative estimate of drug-likeness (QED) is 0.495. The summed E-state index contributed by atoms with van der Waals surface area (Å²) in [4.78, 5) is 1.27. The summed E-state index contributed by atoms with van der Waals surface area (Å²) in [7, 11) is 0. The van der Waals surface area contributed by atoms with Crippen LogP contribution >= 0.6 is 33.5 Å². The van der Waals surface area contributed by atoms with Crippen molar-refractivity contribution < 1.29 is 0 Å². The number of thiophene rings is 1. The van der Waals surface area contributed by atoms with Crippen LogP contribution in [0.2, 0.25) is 6.55 Å². The molecule has 0 aliphatic rings. The maximum absolute atomic E-state index is 5.99. The van der Waals surface area contributed by atoms with Crippen LogP contribution in [-0.4, -0.2) is 6.69 Å². The maximum atomic E-state index is 5.99. The Bertz CT molecular complexity index is 226. The van der Waals surface area contributed by atoms with Crippen LogP contribution in [0.25, 0.3) is 0 Å². The predicted molar refractivity (Wildman–Crippen MR) is 52.0 cm³/mol. The van der Waals surface area contributed by atoms with Crippen molar-refractivity contribution >= 4 is 44.7 Å². The van der Waals surface area contributed by atoms with Gasteiger partial charge in [-0.05, 0) is 25.6 Å². The summed E-state index contributed by atoms with van der Waals surface area (Å²) in [5.74, 6) is 0. The van der Waals surface area contributed by atoms with Gasteiger partial charge in [0.05, 0.1) is 0 Å². The van der Waals surface area contributed by atoms with Crippen LogP contribution in [0.4, 0.5) is 0 Å². The molecule has 0 saturated carbocycles. The highest BCUT2D eigenvalue weighted by molar-refractivity contribution is 7.56. The molecule has 56 valence electrons. The molecule has 0 nitrogen and oxygen atoms in total. The minimum atomic E-state index is -2.05. The molecule has 4 heteroatoms. The van der Waals surface area contributed by atoms with E-state index in [1.54, 1.807) is 11.3 Å². The fourth-order valence-corrected chi connectivity index (χ4v) is 3.94. The third-order valence-electron chi connectivity index (χ3n) is 1.17. The van der Waals surface area contributed by atoms with Crippen molar-refractivity contribution in [2.75, 3.05) is 0 Å². The molecule has 0 saturated heterocycles. The first-order valence-electron chi connectivity index (χ1n) is 2.95. The van der Waals surface area contributed by atoms with Gasteiger partial charge >= 0.3 is 0 Å². The average Bonchev–Trinajstić information content (AvgIpc) is 2.11. The lowest BCUT2D eigenvalue weighted by Crippen LogP contribution is -2.29. The molecule has 1 rings (SSSR count). The predicted octanol–water partition coefficient (Wildman–Crippen LogP) is 2.81. The second-order valence-electron chi connectivity index (χ2n) is 2.30. The molecular weight excluding hydrogens is 203 g/mol. The lowest BCUT2D eigenvalue weighted by Gasteiger charge is -2.04. The zero-order chi connectivity index (χ0) is 7.78. The van der Waals surface area contributed by atoms with E-state index in [0.717, 1.165) is 4.50 Å². The SMILES string of the molecule is Cc1ccc([Si](C)(Cl)Cl)s1. The van der Waals surface area contributed by atoms with Gasteiger partial charge in [0, 0.05) is 9.38 Å². The Morgan fingerprint density at radius 3 is 2.20 bits per heavy atom. The van der Waals surface area contributed by atoms with Gasteiger partial charge in [0.15, 0.2) is 0 Å². The highest BCUT2D eigenvalue weighted by Gasteiger charge is 2.25. The Morgan fingerprint density at radius 1 is 1.40 bits per heavy atom. The monoisotopic (exact) mass is 210 g/mol. The second kappa shape index (κ2) is 2.86. The van der Waals surface area contributed by atoms with Gasteiger partial charge in [0.2, 0.25) is 0 Å². The standard InChI is InChI=1S/C6H8Cl2SSi/c1-5-3-4-6(9-5)10(2,7)8/h3-4H,1-2H3. The molecular formula is C6H8Cl2SSi. The molecule has 0 aliphatic heterocycles. The number of hydrogen-bond donors (Lipinski definition) is 0. The van der Waals surface area contributed by atoms with Crippen LogP contribution in [0, 0.1) is 6.92 Å². The van der Waals surface area contributed by atoms with Crippen molar-refractivity contribution in [3.05, 3.63) is 17.0 Å². The fourth-order valence-electron chi connectivity index (χ4n) is 0.670. The van der Waals surface area contributed by atoms with Crippen molar-refractivity contribution in [3.63, 3.8) is 0 Å². The van der Waals surface area contributed by atoms with E-state index in [2.05, 4.69) is 13.0 Å². The summed E-state index contributed by atoms with van der Waals surface area (Å²) in [6.07, 6.45) is 0. The van der Waals surface area contributed by atoms with Gasteiger partial charge in [-0.2, -0.15) is 0 Å². The van der Waals surface area contributed by atoms with E-state index < -0.39 is 6.69 Å². The van der Waals surface area contributed by atoms with Crippen LogP contribution in [-0.2, 0) is 0 Å². The van der Waals surface area contributed by atoms with Gasteiger partial charge < -0.3 is 0 Å². The van der Waals surface area contributed by atoms with Crippen LogP contribution in [0.15, 0.2) is 12.1 Å². The topological polar surface area (TPSA) is 0 Å². The van der Waals surface area contributed by atoms with Crippen molar-refractivity contribution in [1.82, 2.24) is 0 Å². The third-order valence-corrected chi connectivity index (χ3v) is 6.44. The number of halogens is 2. The summed E-state index contributed by atoms with van der Waals surface area (Å²) in [6, 6.07) is 4.07. The van der Waals surface area contributed by atoms with Crippen LogP contribution < -0.4 is 4.50 Å². The van der Waals surface area contributed by atoms with Crippen LogP contribution in [0.3, 0.4) is 0 Å². The first-order valence-corrected chi connectivity index (χ1v) is 8.29. The number of aryl methyl sites for hydroxylation is 1. The van der Waals surface area contributed by atoms with E-state index in [9.17, 15) is 0 Å². The van der Waals surface area contributed by atoms with Crippen LogP contribution in [0.5, 0.6) is 0 Å². The Kier molecular flexibility index (Phi) is 2.45. The van der Waals surface area contributed by atoms with E-state index in [0.29, 0.717) is 0 Å². The zero-order valence-electron chi connectivity index (χ0n) is 5.82. The van der Waals surface area contributed by atoms with Crippen molar-refractivity contribution in [2.45, 2.75) is 13.5 Å². The number of hydrogen-bond acceptors (Lipinski definition) is 1. The Morgan fingerprint density at radius 2 is 2.00 bits per heavy atom. The molecule has 1 aromatic heterocycles. The minimum Gasteiger partial charge on any atom is -0.148 e. The van der Waals surface area contributed by atoms with Crippen LogP contribution in [0.1, 0.15) is 4.88 Å². The van der Waals surface area contributed by atoms with E-state index in [1.165, 1.54) is 4.88 Å².